The fraction of sp³-hybridized carbons (Fsp3) is 0.385. The quantitative estimate of drug-likeness (QED) is 0.864. The van der Waals surface area contributed by atoms with Crippen LogP contribution in [0.1, 0.15) is 0 Å². The lowest BCUT2D eigenvalue weighted by Crippen LogP contribution is -2.39. The van der Waals surface area contributed by atoms with Gasteiger partial charge in [-0.05, 0) is 12.1 Å². The van der Waals surface area contributed by atoms with Crippen molar-refractivity contribution in [1.29, 1.82) is 0 Å². The van der Waals surface area contributed by atoms with E-state index in [-0.39, 0.29) is 5.56 Å². The summed E-state index contributed by atoms with van der Waals surface area (Å²) in [6.07, 6.45) is 0. The minimum atomic E-state index is -0.167. The summed E-state index contributed by atoms with van der Waals surface area (Å²) in [4.78, 5) is 21.3. The number of morpholine rings is 1. The van der Waals surface area contributed by atoms with Gasteiger partial charge in [-0.25, -0.2) is 4.98 Å². The lowest BCUT2D eigenvalue weighted by Gasteiger charge is -2.27. The highest BCUT2D eigenvalue weighted by Gasteiger charge is 2.16. The van der Waals surface area contributed by atoms with E-state index in [0.717, 1.165) is 11.3 Å². The molecule has 19 heavy (non-hydrogen) atoms. The zero-order valence-electron chi connectivity index (χ0n) is 10.7. The van der Waals surface area contributed by atoms with Crippen LogP contribution in [0.3, 0.4) is 0 Å². The van der Waals surface area contributed by atoms with E-state index < -0.39 is 0 Å². The third-order valence-electron chi connectivity index (χ3n) is 3.19. The molecule has 1 N–H and O–H groups in total. The van der Waals surface area contributed by atoms with Crippen LogP contribution < -0.4 is 15.2 Å². The zero-order chi connectivity index (χ0) is 13.2. The highest BCUT2D eigenvalue weighted by Crippen LogP contribution is 2.18. The van der Waals surface area contributed by atoms with Gasteiger partial charge >= 0.3 is 0 Å². The molecule has 0 atom stereocenters. The lowest BCUT2D eigenvalue weighted by atomic mass is 10.3. The topological polar surface area (TPSA) is 67.5 Å². The Labute approximate surface area is 110 Å². The van der Waals surface area contributed by atoms with Crippen molar-refractivity contribution >= 4 is 16.9 Å². The maximum atomic E-state index is 12.1. The molecule has 1 saturated heterocycles. The van der Waals surface area contributed by atoms with Gasteiger partial charge in [0.05, 0.1) is 31.4 Å². The third kappa shape index (κ3) is 2.26. The second kappa shape index (κ2) is 4.89. The fourth-order valence-corrected chi connectivity index (χ4v) is 2.17. The van der Waals surface area contributed by atoms with Crippen molar-refractivity contribution < 1.29 is 9.47 Å². The van der Waals surface area contributed by atoms with Gasteiger partial charge in [0.1, 0.15) is 5.75 Å². The Morgan fingerprint density at radius 1 is 1.37 bits per heavy atom. The molecule has 1 aliphatic heterocycles. The number of fused-ring (bicyclic) bond motifs is 1. The van der Waals surface area contributed by atoms with Gasteiger partial charge in [-0.2, -0.15) is 0 Å². The smallest absolute Gasteiger partial charge is 0.291 e. The Kier molecular flexibility index (Phi) is 3.08. The molecule has 0 spiro atoms. The molecule has 0 bridgehead atoms. The van der Waals surface area contributed by atoms with Crippen molar-refractivity contribution in [3.8, 4) is 5.75 Å². The molecule has 100 valence electrons. The van der Waals surface area contributed by atoms with Crippen molar-refractivity contribution in [2.24, 2.45) is 0 Å². The molecule has 2 heterocycles. The number of benzene rings is 1. The van der Waals surface area contributed by atoms with Crippen LogP contribution >= 0.6 is 0 Å². The van der Waals surface area contributed by atoms with E-state index in [9.17, 15) is 4.79 Å². The highest BCUT2D eigenvalue weighted by molar-refractivity contribution is 5.77. The Balaban J connectivity index is 2.08. The van der Waals surface area contributed by atoms with E-state index in [2.05, 4.69) is 9.97 Å². The van der Waals surface area contributed by atoms with Crippen LogP contribution in [-0.2, 0) is 4.74 Å². The molecule has 3 rings (SSSR count). The van der Waals surface area contributed by atoms with E-state index in [0.29, 0.717) is 37.6 Å². The largest absolute Gasteiger partial charge is 0.497 e. The van der Waals surface area contributed by atoms with Crippen molar-refractivity contribution in [1.82, 2.24) is 9.97 Å². The van der Waals surface area contributed by atoms with E-state index in [1.165, 1.54) is 0 Å². The summed E-state index contributed by atoms with van der Waals surface area (Å²) in [7, 11) is 1.61. The first kappa shape index (κ1) is 12.0. The first-order valence-electron chi connectivity index (χ1n) is 6.19. The first-order valence-corrected chi connectivity index (χ1v) is 6.19. The average molecular weight is 261 g/mol. The summed E-state index contributed by atoms with van der Waals surface area (Å²) in [5.74, 6) is 1.17. The van der Waals surface area contributed by atoms with Gasteiger partial charge in [-0.3, -0.25) is 4.79 Å². The van der Waals surface area contributed by atoms with Crippen LogP contribution in [0.15, 0.2) is 23.0 Å². The molecule has 1 fully saturated rings. The van der Waals surface area contributed by atoms with Crippen LogP contribution in [0.25, 0.3) is 11.0 Å². The molecule has 2 aromatic rings. The van der Waals surface area contributed by atoms with Gasteiger partial charge in [0, 0.05) is 19.2 Å². The van der Waals surface area contributed by atoms with Crippen molar-refractivity contribution in [3.05, 3.63) is 28.6 Å². The van der Waals surface area contributed by atoms with E-state index in [1.54, 1.807) is 19.2 Å². The van der Waals surface area contributed by atoms with Crippen LogP contribution in [0.5, 0.6) is 5.75 Å². The van der Waals surface area contributed by atoms with Crippen molar-refractivity contribution in [2.75, 3.05) is 38.3 Å². The highest BCUT2D eigenvalue weighted by atomic mass is 16.5. The lowest BCUT2D eigenvalue weighted by molar-refractivity contribution is 0.122. The number of ether oxygens (including phenoxy) is 2. The van der Waals surface area contributed by atoms with Gasteiger partial charge in [-0.1, -0.05) is 0 Å². The number of methoxy groups -OCH3 is 1. The Bertz CT molecular complexity index is 647. The molecule has 6 heteroatoms. The molecule has 0 aliphatic carbocycles. The van der Waals surface area contributed by atoms with Crippen LogP contribution in [0, 0.1) is 0 Å². The molecule has 0 saturated carbocycles. The molecular weight excluding hydrogens is 246 g/mol. The number of H-pyrrole nitrogens is 1. The van der Waals surface area contributed by atoms with E-state index >= 15 is 0 Å². The Morgan fingerprint density at radius 3 is 2.89 bits per heavy atom. The number of hydrogen-bond acceptors (Lipinski definition) is 5. The number of anilines is 1. The summed E-state index contributed by atoms with van der Waals surface area (Å²) in [6.45, 7) is 2.62. The van der Waals surface area contributed by atoms with Crippen molar-refractivity contribution in [3.63, 3.8) is 0 Å². The zero-order valence-corrected chi connectivity index (χ0v) is 10.7. The van der Waals surface area contributed by atoms with E-state index in [1.807, 2.05) is 11.0 Å². The standard InChI is InChI=1S/C13H15N3O3/c1-18-9-2-3-10-11(8-9)14-12(13(17)15-10)16-4-6-19-7-5-16/h2-3,8H,4-7H2,1H3,(H,15,17). The maximum Gasteiger partial charge on any atom is 0.291 e. The van der Waals surface area contributed by atoms with Crippen LogP contribution in [-0.4, -0.2) is 43.4 Å². The number of nitrogens with one attached hydrogen (secondary N) is 1. The van der Waals surface area contributed by atoms with Gasteiger partial charge in [0.2, 0.25) is 0 Å². The summed E-state index contributed by atoms with van der Waals surface area (Å²) in [5, 5.41) is 0. The molecular formula is C13H15N3O3. The molecule has 1 aromatic heterocycles. The van der Waals surface area contributed by atoms with Gasteiger partial charge in [0.15, 0.2) is 5.82 Å². The predicted octanol–water partition coefficient (Wildman–Crippen LogP) is 0.768. The average Bonchev–Trinajstić information content (AvgIpc) is 2.47. The summed E-state index contributed by atoms with van der Waals surface area (Å²) in [5.41, 5.74) is 1.27. The normalized spacial score (nSPS) is 15.7. The molecule has 0 unspecified atom stereocenters. The van der Waals surface area contributed by atoms with E-state index in [4.69, 9.17) is 9.47 Å². The first-order chi connectivity index (χ1) is 9.28. The third-order valence-corrected chi connectivity index (χ3v) is 3.19. The molecule has 6 nitrogen and oxygen atoms in total. The number of hydrogen-bond donors (Lipinski definition) is 1. The number of aromatic nitrogens is 2. The Hall–Kier alpha value is -2.08. The number of aromatic amines is 1. The minimum absolute atomic E-state index is 0.167. The molecule has 1 aromatic carbocycles. The summed E-state index contributed by atoms with van der Waals surface area (Å²) < 4.78 is 10.5. The van der Waals surface area contributed by atoms with Gasteiger partial charge in [-0.15, -0.1) is 0 Å². The monoisotopic (exact) mass is 261 g/mol. The maximum absolute atomic E-state index is 12.1. The SMILES string of the molecule is COc1ccc2[nH]c(=O)c(N3CCOCC3)nc2c1. The van der Waals surface area contributed by atoms with Gasteiger partial charge in [0.25, 0.3) is 5.56 Å². The van der Waals surface area contributed by atoms with Gasteiger partial charge < -0.3 is 19.4 Å². The second-order valence-electron chi connectivity index (χ2n) is 4.37. The van der Waals surface area contributed by atoms with Crippen LogP contribution in [0.2, 0.25) is 0 Å². The fourth-order valence-electron chi connectivity index (χ4n) is 2.17. The second-order valence-corrected chi connectivity index (χ2v) is 4.37. The van der Waals surface area contributed by atoms with Crippen LogP contribution in [0.4, 0.5) is 5.82 Å². The van der Waals surface area contributed by atoms with Crippen molar-refractivity contribution in [2.45, 2.75) is 0 Å². The molecule has 1 aliphatic rings. The summed E-state index contributed by atoms with van der Waals surface area (Å²) in [6, 6.07) is 5.41. The number of nitrogens with zero attached hydrogens (tertiary/aromatic N) is 2. The minimum Gasteiger partial charge on any atom is -0.497 e. The molecule has 0 radical (unpaired) electrons. The summed E-state index contributed by atoms with van der Waals surface area (Å²) >= 11 is 0. The molecule has 0 amide bonds. The Morgan fingerprint density at radius 2 is 2.16 bits per heavy atom. The predicted molar refractivity (Wildman–Crippen MR) is 71.9 cm³/mol. The number of rotatable bonds is 2.